The van der Waals surface area contributed by atoms with Crippen molar-refractivity contribution >= 4 is 23.8 Å². The van der Waals surface area contributed by atoms with Crippen molar-refractivity contribution in [1.82, 2.24) is 4.90 Å². The van der Waals surface area contributed by atoms with Crippen molar-refractivity contribution < 1.29 is 19.1 Å². The van der Waals surface area contributed by atoms with E-state index in [9.17, 15) is 9.59 Å². The van der Waals surface area contributed by atoms with Gasteiger partial charge in [-0.1, -0.05) is 30.3 Å². The molecule has 6 nitrogen and oxygen atoms in total. The predicted molar refractivity (Wildman–Crippen MR) is 89.1 cm³/mol. The molecule has 7 heteroatoms. The molecule has 0 radical (unpaired) electrons. The Morgan fingerprint density at radius 2 is 2.09 bits per heavy atom. The van der Waals surface area contributed by atoms with Crippen LogP contribution in [0, 0.1) is 0 Å². The van der Waals surface area contributed by atoms with Crippen LogP contribution in [0.15, 0.2) is 30.3 Å². The first kappa shape index (κ1) is 17.6. The summed E-state index contributed by atoms with van der Waals surface area (Å²) in [5, 5.41) is 0. The van der Waals surface area contributed by atoms with E-state index in [-0.39, 0.29) is 36.5 Å². The van der Waals surface area contributed by atoms with Crippen LogP contribution in [0.1, 0.15) is 12.0 Å². The topological polar surface area (TPSA) is 81.9 Å². The number of carbonyl (C=O) groups is 2. The summed E-state index contributed by atoms with van der Waals surface area (Å²) in [4.78, 5) is 25.1. The third-order valence-corrected chi connectivity index (χ3v) is 4.79. The average molecular weight is 338 g/mol. The van der Waals surface area contributed by atoms with E-state index in [1.165, 1.54) is 18.9 Å². The van der Waals surface area contributed by atoms with E-state index in [4.69, 9.17) is 10.5 Å². The number of methoxy groups -OCH3 is 1. The summed E-state index contributed by atoms with van der Waals surface area (Å²) in [5.74, 6) is 0.573. The molecule has 1 aromatic rings. The van der Waals surface area contributed by atoms with E-state index in [1.807, 2.05) is 30.3 Å². The van der Waals surface area contributed by atoms with Crippen LogP contribution >= 0.6 is 11.8 Å². The highest BCUT2D eigenvalue weighted by atomic mass is 32.2. The second-order valence-electron chi connectivity index (χ2n) is 5.34. The minimum atomic E-state index is -0.356. The number of likely N-dealkylation sites (tertiary alicyclic amines) is 1. The predicted octanol–water partition coefficient (Wildman–Crippen LogP) is 1.63. The number of carbonyl (C=O) groups excluding carboxylic acids is 2. The molecule has 1 saturated heterocycles. The van der Waals surface area contributed by atoms with Crippen LogP contribution in [0.3, 0.4) is 0 Å². The highest BCUT2D eigenvalue weighted by Crippen LogP contribution is 2.22. The van der Waals surface area contributed by atoms with Gasteiger partial charge in [-0.2, -0.15) is 0 Å². The minimum Gasteiger partial charge on any atom is -0.468 e. The van der Waals surface area contributed by atoms with E-state index in [0.717, 1.165) is 12.0 Å². The highest BCUT2D eigenvalue weighted by molar-refractivity contribution is 7.99. The Morgan fingerprint density at radius 3 is 2.78 bits per heavy atom. The van der Waals surface area contributed by atoms with Gasteiger partial charge in [0, 0.05) is 18.3 Å². The molecule has 2 rings (SSSR count). The highest BCUT2D eigenvalue weighted by Gasteiger charge is 2.35. The fourth-order valence-corrected chi connectivity index (χ4v) is 3.51. The Balaban J connectivity index is 1.83. The summed E-state index contributed by atoms with van der Waals surface area (Å²) in [6, 6.07) is 9.33. The van der Waals surface area contributed by atoms with E-state index < -0.39 is 0 Å². The number of ether oxygens (including phenoxy) is 2. The van der Waals surface area contributed by atoms with E-state index in [2.05, 4.69) is 4.74 Å². The molecule has 0 bridgehead atoms. The number of esters is 1. The van der Waals surface area contributed by atoms with Crippen LogP contribution in [-0.4, -0.2) is 54.2 Å². The molecule has 126 valence electrons. The molecule has 2 atom stereocenters. The van der Waals surface area contributed by atoms with Crippen LogP contribution < -0.4 is 5.73 Å². The molecule has 1 heterocycles. The number of amides is 1. The zero-order valence-electron chi connectivity index (χ0n) is 13.1. The maximum absolute atomic E-state index is 12.3. The molecule has 0 aliphatic carbocycles. The van der Waals surface area contributed by atoms with Crippen molar-refractivity contribution in [2.24, 2.45) is 5.73 Å². The van der Waals surface area contributed by atoms with Crippen molar-refractivity contribution in [3.8, 4) is 0 Å². The first-order valence-electron chi connectivity index (χ1n) is 7.49. The van der Waals surface area contributed by atoms with Gasteiger partial charge < -0.3 is 20.1 Å². The molecule has 23 heavy (non-hydrogen) atoms. The van der Waals surface area contributed by atoms with Gasteiger partial charge in [-0.25, -0.2) is 4.79 Å². The smallest absolute Gasteiger partial charge is 0.410 e. The largest absolute Gasteiger partial charge is 0.468 e. The maximum atomic E-state index is 12.3. The lowest BCUT2D eigenvalue weighted by Crippen LogP contribution is -2.44. The molecule has 2 N–H and O–H groups in total. The van der Waals surface area contributed by atoms with E-state index >= 15 is 0 Å². The minimum absolute atomic E-state index is 0.0931. The second kappa shape index (κ2) is 8.79. The molecule has 0 spiro atoms. The summed E-state index contributed by atoms with van der Waals surface area (Å²) in [6.07, 6.45) is 0.384. The van der Waals surface area contributed by atoms with Gasteiger partial charge in [0.25, 0.3) is 0 Å². The Bertz CT molecular complexity index is 526. The quantitative estimate of drug-likeness (QED) is 0.794. The SMILES string of the molecule is COC(=O)CSC[C@@H]1[C@@H](N)CCN1C(=O)OCc1ccccc1. The van der Waals surface area contributed by atoms with Crippen LogP contribution in [0.25, 0.3) is 0 Å². The van der Waals surface area contributed by atoms with Crippen molar-refractivity contribution in [1.29, 1.82) is 0 Å². The third kappa shape index (κ3) is 5.14. The Kier molecular flexibility index (Phi) is 6.73. The lowest BCUT2D eigenvalue weighted by Gasteiger charge is -2.25. The Morgan fingerprint density at radius 1 is 1.35 bits per heavy atom. The average Bonchev–Trinajstić information content (AvgIpc) is 2.94. The fourth-order valence-electron chi connectivity index (χ4n) is 2.44. The van der Waals surface area contributed by atoms with Crippen molar-refractivity contribution in [2.75, 3.05) is 25.2 Å². The van der Waals surface area contributed by atoms with Crippen molar-refractivity contribution in [3.63, 3.8) is 0 Å². The van der Waals surface area contributed by atoms with Gasteiger partial charge in [-0.05, 0) is 12.0 Å². The van der Waals surface area contributed by atoms with Gasteiger partial charge in [0.15, 0.2) is 0 Å². The Hall–Kier alpha value is -1.73. The van der Waals surface area contributed by atoms with Crippen LogP contribution in [-0.2, 0) is 20.9 Å². The lowest BCUT2D eigenvalue weighted by molar-refractivity contribution is -0.137. The fraction of sp³-hybridized carbons (Fsp3) is 0.500. The van der Waals surface area contributed by atoms with Crippen molar-refractivity contribution in [3.05, 3.63) is 35.9 Å². The zero-order valence-corrected chi connectivity index (χ0v) is 14.0. The number of nitrogens with two attached hydrogens (primary N) is 1. The molecule has 1 fully saturated rings. The van der Waals surface area contributed by atoms with Crippen LogP contribution in [0.4, 0.5) is 4.79 Å². The standard InChI is InChI=1S/C16H22N2O4S/c1-21-15(19)11-23-10-14-13(17)7-8-18(14)16(20)22-9-12-5-3-2-4-6-12/h2-6,13-14H,7-11,17H2,1H3/t13-,14+/m0/s1. The monoisotopic (exact) mass is 338 g/mol. The van der Waals surface area contributed by atoms with Gasteiger partial charge in [-0.3, -0.25) is 4.79 Å². The van der Waals surface area contributed by atoms with Gasteiger partial charge >= 0.3 is 12.1 Å². The second-order valence-corrected chi connectivity index (χ2v) is 6.37. The van der Waals surface area contributed by atoms with Gasteiger partial charge in [-0.15, -0.1) is 11.8 Å². The van der Waals surface area contributed by atoms with Crippen molar-refractivity contribution in [2.45, 2.75) is 25.1 Å². The molecule has 1 amide bonds. The summed E-state index contributed by atoms with van der Waals surface area (Å²) >= 11 is 1.42. The number of rotatable bonds is 6. The normalized spacial score (nSPS) is 20.3. The molecule has 0 aromatic heterocycles. The zero-order chi connectivity index (χ0) is 16.7. The number of nitrogens with zero attached hydrogens (tertiary/aromatic N) is 1. The molecule has 1 aliphatic rings. The molecular formula is C16H22N2O4S. The van der Waals surface area contributed by atoms with E-state index in [1.54, 1.807) is 4.90 Å². The van der Waals surface area contributed by atoms with Gasteiger partial charge in [0.05, 0.1) is 18.9 Å². The molecule has 0 unspecified atom stereocenters. The van der Waals surface area contributed by atoms with Crippen LogP contribution in [0.5, 0.6) is 0 Å². The summed E-state index contributed by atoms with van der Waals surface area (Å²) in [5.41, 5.74) is 7.03. The first-order valence-corrected chi connectivity index (χ1v) is 8.64. The number of hydrogen-bond donors (Lipinski definition) is 1. The van der Waals surface area contributed by atoms with E-state index in [0.29, 0.717) is 12.3 Å². The third-order valence-electron chi connectivity index (χ3n) is 3.77. The Labute approximate surface area is 140 Å². The first-order chi connectivity index (χ1) is 11.1. The molecule has 0 saturated carbocycles. The number of benzene rings is 1. The summed E-state index contributed by atoms with van der Waals surface area (Å²) in [7, 11) is 1.36. The lowest BCUT2D eigenvalue weighted by atomic mass is 10.2. The summed E-state index contributed by atoms with van der Waals surface area (Å²) in [6.45, 7) is 0.825. The number of thioether (sulfide) groups is 1. The van der Waals surface area contributed by atoms with Gasteiger partial charge in [0.1, 0.15) is 6.61 Å². The summed E-state index contributed by atoms with van der Waals surface area (Å²) < 4.78 is 9.98. The molecule has 1 aromatic carbocycles. The number of hydrogen-bond acceptors (Lipinski definition) is 6. The van der Waals surface area contributed by atoms with Gasteiger partial charge in [0.2, 0.25) is 0 Å². The molecular weight excluding hydrogens is 316 g/mol. The van der Waals surface area contributed by atoms with Crippen LogP contribution in [0.2, 0.25) is 0 Å². The maximum Gasteiger partial charge on any atom is 0.410 e. The molecule has 1 aliphatic heterocycles.